The van der Waals surface area contributed by atoms with E-state index in [9.17, 15) is 22.8 Å². The van der Waals surface area contributed by atoms with E-state index in [2.05, 4.69) is 197 Å². The third-order valence-electron chi connectivity index (χ3n) is 15.1. The van der Waals surface area contributed by atoms with Crippen molar-refractivity contribution in [2.75, 3.05) is 14.2 Å². The van der Waals surface area contributed by atoms with Gasteiger partial charge in [0.25, 0.3) is 6.47 Å². The van der Waals surface area contributed by atoms with Crippen LogP contribution in [0.4, 0.5) is 13.2 Å². The molecule has 26 heteroatoms. The van der Waals surface area contributed by atoms with E-state index in [-0.39, 0.29) is 137 Å². The maximum absolute atomic E-state index is 10.7. The number of ketones is 3. The number of rotatable bonds is 8. The summed E-state index contributed by atoms with van der Waals surface area (Å²) in [7, 11) is -3.59. The van der Waals surface area contributed by atoms with Crippen molar-refractivity contribution >= 4 is 140 Å². The Hall–Kier alpha value is -8.82. The van der Waals surface area contributed by atoms with Crippen LogP contribution in [0.2, 0.25) is 0 Å². The van der Waals surface area contributed by atoms with E-state index >= 15 is 0 Å². The SMILES string of the molecule is CC(=O)CC(C)=O.CC(=[OH+])C=C(C)O.C[OH2+].C[OH2+].O=CO[O-].O=S(=O)([O-])C(F)(F)F.[H-].[Ir-3].[Ir-3].[Na+].[Na+].[c-]1cc2sc3ccccc3c2cc1-c1nccc2c1ccc1ccccc12.[c-]1ccccc1-c1ccccn1.[c-]1ccccc1-c1ccccn1.c1ccc2c(c1)ccc1c(-c3ccc4sc5ccccc5c4c3)nccc12. The van der Waals surface area contributed by atoms with Gasteiger partial charge in [0.05, 0.1) is 30.9 Å². The van der Waals surface area contributed by atoms with Crippen LogP contribution >= 0.6 is 22.7 Å². The summed E-state index contributed by atoms with van der Waals surface area (Å²) >= 11 is 3.67. The largest absolute Gasteiger partial charge is 3.00 e. The van der Waals surface area contributed by atoms with Crippen molar-refractivity contribution in [2.24, 2.45) is 0 Å². The minimum Gasteiger partial charge on any atom is -3.00 e. The molecule has 0 aliphatic rings. The van der Waals surface area contributed by atoms with Gasteiger partial charge in [-0.15, -0.1) is 107 Å². The van der Waals surface area contributed by atoms with Crippen LogP contribution in [-0.2, 0) is 69.6 Å². The van der Waals surface area contributed by atoms with Gasteiger partial charge in [-0.05, 0) is 134 Å². The number of aromatic nitrogens is 4. The summed E-state index contributed by atoms with van der Waals surface area (Å²) in [6.07, 6.45) is 8.78. The Morgan fingerprint density at radius 1 is 0.500 bits per heavy atom. The Labute approximate surface area is 726 Å². The first-order chi connectivity index (χ1) is 52.1. The molecule has 0 bridgehead atoms. The fraction of sp³-hybridized carbons (Fsp3) is 0.0930. The fourth-order valence-corrected chi connectivity index (χ4v) is 13.0. The van der Waals surface area contributed by atoms with E-state index in [1.54, 1.807) is 12.4 Å². The number of carbonyl (C=O) groups is 3. The van der Waals surface area contributed by atoms with Crippen LogP contribution in [0, 0.1) is 18.2 Å². The molecule has 0 spiro atoms. The van der Waals surface area contributed by atoms with E-state index in [0.29, 0.717) is 0 Å². The van der Waals surface area contributed by atoms with Crippen molar-refractivity contribution in [1.82, 2.24) is 19.9 Å². The monoisotopic (exact) mass is 1940 g/mol. The van der Waals surface area contributed by atoms with Gasteiger partial charge in [0.2, 0.25) is 0 Å². The number of fused-ring (bicyclic) bond motifs is 12. The quantitative estimate of drug-likeness (QED) is 0.0121. The molecule has 16 rings (SSSR count). The molecule has 6 heterocycles. The van der Waals surface area contributed by atoms with Crippen LogP contribution in [0.5, 0.6) is 0 Å². The van der Waals surface area contributed by atoms with E-state index in [1.807, 2.05) is 120 Å². The van der Waals surface area contributed by atoms with Gasteiger partial charge in [-0.3, -0.25) is 24.2 Å². The first-order valence-corrected chi connectivity index (χ1v) is 35.8. The van der Waals surface area contributed by atoms with E-state index in [4.69, 9.17) is 53.1 Å². The molecule has 0 amide bonds. The summed E-state index contributed by atoms with van der Waals surface area (Å²) in [5, 5.41) is 43.5. The Balaban J connectivity index is 0.000000466. The molecule has 6 aromatic heterocycles. The molecule has 6 N–H and O–H groups in total. The van der Waals surface area contributed by atoms with E-state index < -0.39 is 15.6 Å². The molecular formula is C86H74F3Ir2N4Na2O12S3-7. The van der Waals surface area contributed by atoms with Crippen LogP contribution in [0.25, 0.3) is 128 Å². The summed E-state index contributed by atoms with van der Waals surface area (Å²) in [5.74, 6) is 0.125. The number of benzene rings is 10. The predicted octanol–water partition coefficient (Wildman–Crippen LogP) is 12.6. The minimum atomic E-state index is -6.09. The molecular weight excluding hydrogens is 1860 g/mol. The first-order valence-electron chi connectivity index (χ1n) is 32.8. The summed E-state index contributed by atoms with van der Waals surface area (Å²) in [5.41, 5.74) is 2.64. The van der Waals surface area contributed by atoms with Crippen LogP contribution in [0.1, 0.15) is 35.5 Å². The summed E-state index contributed by atoms with van der Waals surface area (Å²) in [4.78, 5) is 57.6. The van der Waals surface area contributed by atoms with Gasteiger partial charge in [0.15, 0.2) is 10.1 Å². The molecule has 0 saturated carbocycles. The van der Waals surface area contributed by atoms with E-state index in [0.717, 1.165) is 39.5 Å². The van der Waals surface area contributed by atoms with Gasteiger partial charge >= 0.3 is 70.4 Å². The number of thiophene rings is 2. The zero-order valence-corrected chi connectivity index (χ0v) is 73.1. The second-order valence-corrected chi connectivity index (χ2v) is 26.2. The van der Waals surface area contributed by atoms with Gasteiger partial charge in [0.1, 0.15) is 25.8 Å². The summed E-state index contributed by atoms with van der Waals surface area (Å²) in [6.45, 7) is 5.63. The van der Waals surface area contributed by atoms with Crippen LogP contribution in [-0.4, -0.2) is 96.6 Å². The molecule has 0 atom stereocenters. The van der Waals surface area contributed by atoms with Crippen molar-refractivity contribution in [1.29, 1.82) is 0 Å². The number of alkyl halides is 3. The van der Waals surface area contributed by atoms with Crippen LogP contribution in [0.3, 0.4) is 0 Å². The number of pyridine rings is 4. The number of nitrogens with zero attached hydrogens (tertiary/aromatic N) is 4. The molecule has 576 valence electrons. The Kier molecular flexibility index (Phi) is 43.1. The van der Waals surface area contributed by atoms with Crippen molar-refractivity contribution in [3.63, 3.8) is 0 Å². The molecule has 112 heavy (non-hydrogen) atoms. The molecule has 0 aliphatic carbocycles. The predicted molar refractivity (Wildman–Crippen MR) is 429 cm³/mol. The number of aliphatic hydroxyl groups excluding tert-OH is 1. The van der Waals surface area contributed by atoms with Gasteiger partial charge in [-0.25, -0.2) is 8.42 Å². The number of hydrogen-bond donors (Lipinski definition) is 1. The maximum atomic E-state index is 10.7. The number of allylic oxidation sites excluding steroid dienone is 2. The topological polar surface area (TPSA) is 280 Å². The van der Waals surface area contributed by atoms with Gasteiger partial charge in [-0.1, -0.05) is 145 Å². The molecule has 0 saturated heterocycles. The first kappa shape index (κ1) is 97.4. The molecule has 10 aromatic carbocycles. The number of carbonyl (C=O) groups excluding carboxylic acids is 4. The van der Waals surface area contributed by atoms with Crippen LogP contribution < -0.4 is 64.4 Å². The Morgan fingerprint density at radius 3 is 1.29 bits per heavy atom. The zero-order valence-electron chi connectivity index (χ0n) is 62.8. The zero-order chi connectivity index (χ0) is 78.2. The Bertz CT molecular complexity index is 5420. The van der Waals surface area contributed by atoms with Crippen molar-refractivity contribution in [3.8, 4) is 45.0 Å². The summed E-state index contributed by atoms with van der Waals surface area (Å²) in [6, 6.07) is 95.5. The molecule has 0 unspecified atom stereocenters. The van der Waals surface area contributed by atoms with Gasteiger partial charge in [-0.2, -0.15) is 24.5 Å². The smallest absolute Gasteiger partial charge is 1.00 e. The molecule has 0 aliphatic heterocycles. The number of hydrogen-bond acceptors (Lipinski definition) is 15. The van der Waals surface area contributed by atoms with Crippen molar-refractivity contribution in [2.45, 2.75) is 39.6 Å². The third kappa shape index (κ3) is 28.4. The number of Topliss-reactive ketones (excluding diaryl/α,β-unsaturated/α-hetero) is 2. The molecule has 0 radical (unpaired) electrons. The minimum absolute atomic E-state index is 0. The van der Waals surface area contributed by atoms with Crippen molar-refractivity contribution < 1.29 is 172 Å². The third-order valence-corrected chi connectivity index (χ3v) is 17.9. The molecule has 0 fully saturated rings. The summed E-state index contributed by atoms with van der Waals surface area (Å²) < 4.78 is 64.1. The molecule has 16 nitrogen and oxygen atoms in total. The second-order valence-electron chi connectivity index (χ2n) is 22.7. The average molecular weight is 1940 g/mol. The van der Waals surface area contributed by atoms with Crippen molar-refractivity contribution in [3.05, 3.63) is 304 Å². The standard InChI is InChI=1S/C25H15NS.C25H14NS.2C11H8N.2C5H8O2.CHF3O3S.CH2O3.2CH4O.2Ir.2Na.H/c2*1-2-6-18-16(5-1)9-11-21-19(18)13-14-26-25(21)17-10-12-24-22(15-17)20-7-3-4-8-23(20)27-24;2*1-2-6-10(7-3-1)11-8-4-5-9-12-11;2*1-4(6)3-5(2)7;2-1(3,4)8(5,6)7;2-1-4-3;2*1-2;;;;;/h1-15H;1-9,11-15H;2*1-6,8-9H;3H2,1-2H3;3,6H,1-2H3;(H,5,6,7);1,3H;2*2H,1H3;;;;;/q;3*-1;;;;;;;2*-3;2*+1;-1/p+1. The second kappa shape index (κ2) is 49.6. The van der Waals surface area contributed by atoms with Crippen LogP contribution in [0.15, 0.2) is 285 Å². The van der Waals surface area contributed by atoms with Gasteiger partial charge in [0, 0.05) is 60.6 Å². The van der Waals surface area contributed by atoms with Gasteiger partial charge < -0.3 is 86.6 Å². The molecule has 16 aromatic rings. The maximum Gasteiger partial charge on any atom is 1.00 e. The normalized spacial score (nSPS) is 10.2. The number of halogens is 3. The average Bonchev–Trinajstić information content (AvgIpc) is 1.75. The number of aliphatic hydroxyl groups is 1. The Morgan fingerprint density at radius 2 is 0.902 bits per heavy atom. The van der Waals surface area contributed by atoms with E-state index in [1.165, 1.54) is 137 Å². The fourth-order valence-electron chi connectivity index (χ4n) is 10.8.